The number of phenolic OH excluding ortho intramolecular Hbond substituents is 2. The monoisotopic (exact) mass is 1660 g/mol. The Balaban J connectivity index is 0.000000171. The van der Waals surface area contributed by atoms with E-state index in [4.69, 9.17) is 6.99 Å². The average Bonchev–Trinajstić information content (AvgIpc) is 1.42. The molecule has 0 atom stereocenters. The molecule has 0 unspecified atom stereocenters. The van der Waals surface area contributed by atoms with Crippen LogP contribution in [0, 0.1) is 129 Å². The number of halogens is 3. The predicted molar refractivity (Wildman–Crippen MR) is 458 cm³/mol. The van der Waals surface area contributed by atoms with E-state index in [1.165, 1.54) is 154 Å². The second-order valence-electron chi connectivity index (χ2n) is 34.1. The van der Waals surface area contributed by atoms with Crippen LogP contribution in [0.2, 0.25) is 0 Å². The molecule has 2 heterocycles. The van der Waals surface area contributed by atoms with E-state index >= 15 is 0 Å². The second-order valence-corrected chi connectivity index (χ2v) is 37.2. The van der Waals surface area contributed by atoms with Crippen molar-refractivity contribution in [2.75, 3.05) is 0 Å². The van der Waals surface area contributed by atoms with Crippen molar-refractivity contribution in [3.63, 3.8) is 0 Å². The number of hydrogen-bond donors (Lipinski definition) is 2. The zero-order valence-corrected chi connectivity index (χ0v) is 75.0. The van der Waals surface area contributed by atoms with Crippen LogP contribution in [-0.2, 0) is 93.4 Å². The van der Waals surface area contributed by atoms with Crippen LogP contribution in [0.25, 0.3) is 44.5 Å². The standard InChI is InChI=1S/C39H44O.C23H25F3O.2C8H9N.2C6H8N.2C5H10.2Mo/c1-22-16-24(3)35(25(4)17-22)33-20-29-12-8-10-14-31(29)37(28(33)7)38-32-15-11-9-13-30(32)21-34(39(38)40)36-26(5)18-23(2)19-27(36)6;1-13-11-15-7-3-5-9-17(15)20(14(13)2)21-18-10-6-4-8-16(18)12-19(22(21)27)23(24,25)26;2*1-6-4-3-5-7(2)8(6)9;2*1-5-3-4-6(2)7-5;2*1-5(2,3)4;;/h16-21,40H,8-15H2,1-7H3;11-12,27H,3-10H2,1-2H3;2*3-5H,1-2H3;2*3-4H,1-2H3;2*1H,2-4H3;;/q;;;;2*-1;;;;. The van der Waals surface area contributed by atoms with Gasteiger partial charge in [-0.15, -0.1) is 0 Å². The number of phenols is 2. The van der Waals surface area contributed by atoms with Crippen LogP contribution in [0.1, 0.15) is 238 Å². The van der Waals surface area contributed by atoms with E-state index in [9.17, 15) is 23.4 Å². The Hall–Kier alpha value is -7.57. The maximum absolute atomic E-state index is 13.7. The zero-order valence-electron chi connectivity index (χ0n) is 71.0. The Kier molecular flexibility index (Phi) is 30.0. The van der Waals surface area contributed by atoms with Crippen LogP contribution in [0.4, 0.5) is 24.5 Å². The van der Waals surface area contributed by atoms with Crippen molar-refractivity contribution in [2.45, 2.75) is 268 Å². The van der Waals surface area contributed by atoms with Crippen LogP contribution in [0.5, 0.6) is 11.5 Å². The first kappa shape index (κ1) is 87.4. The van der Waals surface area contributed by atoms with Crippen molar-refractivity contribution in [2.24, 2.45) is 17.8 Å². The van der Waals surface area contributed by atoms with E-state index in [0.29, 0.717) is 28.6 Å². The summed E-state index contributed by atoms with van der Waals surface area (Å²) in [5, 5.41) is 23.2. The van der Waals surface area contributed by atoms with E-state index in [2.05, 4.69) is 215 Å². The summed E-state index contributed by atoms with van der Waals surface area (Å²) in [6.07, 6.45) is 11.9. The van der Waals surface area contributed by atoms with Gasteiger partial charge in [0.15, 0.2) is 0 Å². The van der Waals surface area contributed by atoms with E-state index < -0.39 is 17.5 Å². The molecule has 0 radical (unpaired) electrons. The van der Waals surface area contributed by atoms with Gasteiger partial charge in [-0.2, -0.15) is 35.9 Å². The van der Waals surface area contributed by atoms with Crippen LogP contribution in [0.3, 0.4) is 0 Å². The van der Waals surface area contributed by atoms with Gasteiger partial charge in [-0.25, -0.2) is 0 Å². The first-order valence-electron chi connectivity index (χ1n) is 40.3. The normalized spacial score (nSPS) is 13.5. The van der Waals surface area contributed by atoms with E-state index in [1.54, 1.807) is 0 Å². The summed E-state index contributed by atoms with van der Waals surface area (Å²) in [7, 11) is 0. The van der Waals surface area contributed by atoms with Crippen molar-refractivity contribution in [1.29, 1.82) is 0 Å². The van der Waals surface area contributed by atoms with Crippen LogP contribution in [-0.4, -0.2) is 19.0 Å². The summed E-state index contributed by atoms with van der Waals surface area (Å²) >= 11 is -0.710. The molecule has 6 nitrogen and oxygen atoms in total. The zero-order chi connectivity index (χ0) is 81.1. The third kappa shape index (κ3) is 22.5. The van der Waals surface area contributed by atoms with Crippen molar-refractivity contribution in [3.05, 3.63) is 254 Å². The molecular weight excluding hydrogens is 1540 g/mol. The molecule has 0 bridgehead atoms. The number of nitrogens with zero attached hydrogens (tertiary/aromatic N) is 4. The molecule has 8 aromatic carbocycles. The maximum atomic E-state index is 13.7. The third-order valence-electron chi connectivity index (χ3n) is 21.8. The van der Waals surface area contributed by atoms with Gasteiger partial charge in [0.1, 0.15) is 11.5 Å². The topological polar surface area (TPSA) is 93.4 Å². The fourth-order valence-corrected chi connectivity index (χ4v) is 20.4. The summed E-state index contributed by atoms with van der Waals surface area (Å²) in [4.78, 5) is 8.22. The number of rotatable bonds is 6. The second kappa shape index (κ2) is 38.0. The molecule has 0 saturated carbocycles. The molecular formula is C100H123F3Mo2N4O2-2. The minimum atomic E-state index is -4.55. The fraction of sp³-hybridized carbons (Fsp3) is 0.420. The van der Waals surface area contributed by atoms with Gasteiger partial charge in [-0.3, -0.25) is 0 Å². The van der Waals surface area contributed by atoms with E-state index in [0.717, 1.165) is 138 Å². The molecule has 590 valence electrons. The quantitative estimate of drug-likeness (QED) is 0.162. The molecule has 0 aliphatic heterocycles. The Bertz CT molecular complexity index is 4800. The number of aryl methyl sites for hydroxylation is 19. The van der Waals surface area contributed by atoms with E-state index in [-0.39, 0.29) is 35.8 Å². The molecule has 111 heavy (non-hydrogen) atoms. The van der Waals surface area contributed by atoms with Gasteiger partial charge in [-0.1, -0.05) is 99.5 Å². The first-order valence-corrected chi connectivity index (χ1v) is 44.4. The van der Waals surface area contributed by atoms with Crippen molar-refractivity contribution in [1.82, 2.24) is 9.97 Å². The van der Waals surface area contributed by atoms with Gasteiger partial charge in [-0.05, 0) is 288 Å². The summed E-state index contributed by atoms with van der Waals surface area (Å²) < 4.78 is 55.3. The van der Waals surface area contributed by atoms with Crippen molar-refractivity contribution < 1.29 is 59.2 Å². The number of aromatic nitrogens is 2. The molecule has 4 aliphatic rings. The summed E-state index contributed by atoms with van der Waals surface area (Å²) in [6, 6.07) is 38.1. The number of hydrogen-bond acceptors (Lipinski definition) is 4. The molecule has 2 aromatic heterocycles. The van der Waals surface area contributed by atoms with Gasteiger partial charge in [0.25, 0.3) is 0 Å². The molecule has 11 heteroatoms. The van der Waals surface area contributed by atoms with Gasteiger partial charge in [0.2, 0.25) is 0 Å². The van der Waals surface area contributed by atoms with Crippen molar-refractivity contribution >= 4 is 20.2 Å². The Morgan fingerprint density at radius 1 is 0.333 bits per heavy atom. The van der Waals surface area contributed by atoms with Crippen LogP contribution >= 0.6 is 0 Å². The molecule has 10 aromatic rings. The Morgan fingerprint density at radius 3 is 0.982 bits per heavy atom. The van der Waals surface area contributed by atoms with Crippen LogP contribution < -0.4 is 9.97 Å². The molecule has 0 spiro atoms. The number of alkyl halides is 3. The van der Waals surface area contributed by atoms with Crippen LogP contribution in [0.15, 0.2) is 116 Å². The SMILES string of the molecule is Cc1cc(C)c(-c2cc3c(c(-c4c(O)c(-c5c(C)cc(C)cc5C)cc5c4CCCC5)c2C)CCCC3)c(C)c1.Cc1cc2c(c(-c3c(O)c(C(F)(F)F)cc4c3CCCC4)c1C)CCCC2.Cc1ccc(C)[n-]1.Cc1ccc(C)[n-]1.Cc1cccc(C)c1[N]=[Mo]=[CH]C(C)(C)C.Cc1cccc(C)c1[N]=[Mo]=[CH]C(C)(C)C. The summed E-state index contributed by atoms with van der Waals surface area (Å²) in [5.74, 6) is -0.0919. The molecule has 0 saturated heterocycles. The average molecular weight is 1660 g/mol. The summed E-state index contributed by atoms with van der Waals surface area (Å²) in [6.45, 7) is 49.5. The Labute approximate surface area is 680 Å². The molecule has 2 N–H and O–H groups in total. The van der Waals surface area contributed by atoms with E-state index in [1.807, 2.05) is 65.8 Å². The number of aromatic hydroxyl groups is 2. The first-order chi connectivity index (χ1) is 52.3. The van der Waals surface area contributed by atoms with Gasteiger partial charge in [0.05, 0.1) is 5.56 Å². The fourth-order valence-electron chi connectivity index (χ4n) is 16.6. The molecule has 0 fully saturated rings. The number of benzene rings is 8. The Morgan fingerprint density at radius 2 is 0.640 bits per heavy atom. The molecule has 0 amide bonds. The predicted octanol–water partition coefficient (Wildman–Crippen LogP) is 27.4. The van der Waals surface area contributed by atoms with Gasteiger partial charge >= 0.3 is 208 Å². The molecule has 14 rings (SSSR count). The third-order valence-corrected chi connectivity index (χ3v) is 27.2. The molecule has 4 aliphatic carbocycles. The van der Waals surface area contributed by atoms with Gasteiger partial charge < -0.3 is 20.2 Å². The van der Waals surface area contributed by atoms with Crippen molar-refractivity contribution in [3.8, 4) is 56.0 Å². The minimum absolute atomic E-state index is 0.308. The van der Waals surface area contributed by atoms with Gasteiger partial charge in [0, 0.05) is 16.7 Å². The number of fused-ring (bicyclic) bond motifs is 4. The summed E-state index contributed by atoms with van der Waals surface area (Å²) in [5.41, 5.74) is 41.5.